The molecule has 0 aromatic carbocycles. The Kier molecular flexibility index (Phi) is 6.69. The molecule has 2 bridgehead atoms. The third-order valence-corrected chi connectivity index (χ3v) is 6.28. The summed E-state index contributed by atoms with van der Waals surface area (Å²) in [6.45, 7) is 0.846. The minimum atomic E-state index is -4.64. The first-order valence-corrected chi connectivity index (χ1v) is 10.6. The monoisotopic (exact) mass is 494 g/mol. The maximum Gasteiger partial charge on any atom is 0.435 e. The van der Waals surface area contributed by atoms with Crippen molar-refractivity contribution in [1.29, 1.82) is 0 Å². The van der Waals surface area contributed by atoms with Crippen LogP contribution in [0.3, 0.4) is 0 Å². The van der Waals surface area contributed by atoms with Crippen LogP contribution in [0, 0.1) is 11.8 Å². The van der Waals surface area contributed by atoms with Crippen LogP contribution in [0.1, 0.15) is 24.1 Å². The summed E-state index contributed by atoms with van der Waals surface area (Å²) in [4.78, 5) is 5.86. The quantitative estimate of drug-likeness (QED) is 0.424. The Balaban J connectivity index is 1.50. The van der Waals surface area contributed by atoms with Crippen molar-refractivity contribution < 1.29 is 40.6 Å². The van der Waals surface area contributed by atoms with Crippen LogP contribution in [0.5, 0.6) is 5.88 Å². The molecule has 1 saturated heterocycles. The number of ether oxygens (including phenoxy) is 3. The second-order valence-electron chi connectivity index (χ2n) is 8.44. The predicted molar refractivity (Wildman–Crippen MR) is 107 cm³/mol. The number of fused-ring (bicyclic) bond motifs is 2. The number of hydrogen-bond acceptors (Lipinski definition) is 6. The molecule has 2 aliphatic rings. The van der Waals surface area contributed by atoms with Gasteiger partial charge in [0.05, 0.1) is 12.1 Å². The van der Waals surface area contributed by atoms with Crippen LogP contribution in [0.25, 0.3) is 0 Å². The first kappa shape index (κ1) is 24.6. The largest absolute Gasteiger partial charge is 0.474 e. The van der Waals surface area contributed by atoms with Gasteiger partial charge in [0.2, 0.25) is 5.88 Å². The normalized spacial score (nSPS) is 23.1. The molecule has 4 rings (SSSR count). The van der Waals surface area contributed by atoms with E-state index in [1.165, 1.54) is 20.3 Å². The van der Waals surface area contributed by atoms with Gasteiger partial charge in [0.15, 0.2) is 12.0 Å². The van der Waals surface area contributed by atoms with E-state index in [0.717, 1.165) is 35.9 Å². The molecular weight excluding hydrogens is 470 g/mol. The van der Waals surface area contributed by atoms with Crippen molar-refractivity contribution >= 4 is 5.82 Å². The number of halogens is 6. The summed E-state index contributed by atoms with van der Waals surface area (Å²) in [7, 11) is 2.74. The zero-order valence-electron chi connectivity index (χ0n) is 18.4. The van der Waals surface area contributed by atoms with Crippen molar-refractivity contribution in [1.82, 2.24) is 14.8 Å². The number of aromatic nitrogens is 3. The number of hydrogen-bond donors (Lipinski definition) is 0. The molecule has 188 valence electrons. The second-order valence-corrected chi connectivity index (χ2v) is 8.44. The van der Waals surface area contributed by atoms with E-state index in [1.807, 2.05) is 4.90 Å². The number of alkyl halides is 6. The standard InChI is InChI=1S/C21H24F6N4O3/c1-32-18(33-2)11-31-17(7-15(29-31)21(25,26)27)34-19-12-3-4-13(19)10-30(9-12)16-6-5-14(8-28-16)20(22,23)24/h5-8,12-13,18-19H,3-4,9-11H2,1-2H3/t12-,13+,19?. The number of pyridine rings is 1. The third-order valence-electron chi connectivity index (χ3n) is 6.28. The molecule has 0 N–H and O–H groups in total. The van der Waals surface area contributed by atoms with Gasteiger partial charge in [-0.2, -0.15) is 31.4 Å². The van der Waals surface area contributed by atoms with Gasteiger partial charge in [0, 0.05) is 51.4 Å². The maximum atomic E-state index is 13.3. The minimum absolute atomic E-state index is 0.0267. The summed E-state index contributed by atoms with van der Waals surface area (Å²) >= 11 is 0. The van der Waals surface area contributed by atoms with E-state index in [9.17, 15) is 26.3 Å². The lowest BCUT2D eigenvalue weighted by atomic mass is 9.94. The SMILES string of the molecule is COC(Cn1nc(C(F)(F)F)cc1OC1[C@@H]2CC[C@H]1CN(c1ccc(C(F)(F)F)cn1)C2)OC. The van der Waals surface area contributed by atoms with E-state index >= 15 is 0 Å². The van der Waals surface area contributed by atoms with Gasteiger partial charge >= 0.3 is 12.4 Å². The maximum absolute atomic E-state index is 13.3. The van der Waals surface area contributed by atoms with Crippen LogP contribution in [-0.4, -0.2) is 54.5 Å². The summed E-state index contributed by atoms with van der Waals surface area (Å²) in [5, 5.41) is 3.64. The summed E-state index contributed by atoms with van der Waals surface area (Å²) in [5.41, 5.74) is -1.90. The van der Waals surface area contributed by atoms with E-state index in [-0.39, 0.29) is 30.4 Å². The van der Waals surface area contributed by atoms with Crippen LogP contribution in [0.4, 0.5) is 32.2 Å². The van der Waals surface area contributed by atoms with Gasteiger partial charge < -0.3 is 19.1 Å². The molecule has 1 aliphatic carbocycles. The molecule has 1 saturated carbocycles. The fourth-order valence-electron chi connectivity index (χ4n) is 4.58. The highest BCUT2D eigenvalue weighted by molar-refractivity contribution is 5.41. The molecule has 2 aromatic heterocycles. The van der Waals surface area contributed by atoms with Crippen LogP contribution in [0.15, 0.2) is 24.4 Å². The summed E-state index contributed by atoms with van der Waals surface area (Å²) in [6, 6.07) is 3.20. The van der Waals surface area contributed by atoms with E-state index in [1.54, 1.807) is 0 Å². The van der Waals surface area contributed by atoms with E-state index < -0.39 is 29.9 Å². The minimum Gasteiger partial charge on any atom is -0.474 e. The highest BCUT2D eigenvalue weighted by Crippen LogP contribution is 2.41. The van der Waals surface area contributed by atoms with Crippen molar-refractivity contribution in [3.63, 3.8) is 0 Å². The Labute approximate surface area is 191 Å². The number of rotatable bonds is 7. The molecule has 0 amide bonds. The van der Waals surface area contributed by atoms with Crippen molar-refractivity contribution in [2.45, 2.75) is 44.1 Å². The predicted octanol–water partition coefficient (Wildman–Crippen LogP) is 4.23. The molecule has 0 radical (unpaired) electrons. The molecule has 2 fully saturated rings. The Morgan fingerprint density at radius 3 is 2.15 bits per heavy atom. The lowest BCUT2D eigenvalue weighted by molar-refractivity contribution is -0.142. The number of anilines is 1. The molecule has 34 heavy (non-hydrogen) atoms. The molecule has 7 nitrogen and oxygen atoms in total. The van der Waals surface area contributed by atoms with Gasteiger partial charge in [-0.15, -0.1) is 0 Å². The fraction of sp³-hybridized carbons (Fsp3) is 0.619. The average molecular weight is 494 g/mol. The fourth-order valence-corrected chi connectivity index (χ4v) is 4.58. The summed E-state index contributed by atoms with van der Waals surface area (Å²) in [5.74, 6) is 0.340. The van der Waals surface area contributed by atoms with Crippen molar-refractivity contribution in [2.75, 3.05) is 32.2 Å². The molecule has 0 spiro atoms. The Morgan fingerprint density at radius 1 is 1.00 bits per heavy atom. The van der Waals surface area contributed by atoms with Gasteiger partial charge in [0.1, 0.15) is 11.9 Å². The van der Waals surface area contributed by atoms with Crippen LogP contribution in [0.2, 0.25) is 0 Å². The number of nitrogens with zero attached hydrogens (tertiary/aromatic N) is 4. The Bertz CT molecular complexity index is 960. The first-order valence-electron chi connectivity index (χ1n) is 10.6. The highest BCUT2D eigenvalue weighted by atomic mass is 19.4. The van der Waals surface area contributed by atoms with Gasteiger partial charge in [-0.1, -0.05) is 0 Å². The van der Waals surface area contributed by atoms with E-state index in [0.29, 0.717) is 18.9 Å². The topological polar surface area (TPSA) is 61.6 Å². The number of methoxy groups -OCH3 is 2. The van der Waals surface area contributed by atoms with Crippen LogP contribution >= 0.6 is 0 Å². The first-order chi connectivity index (χ1) is 16.0. The zero-order valence-corrected chi connectivity index (χ0v) is 18.4. The molecule has 1 unspecified atom stereocenters. The Hall–Kier alpha value is -2.54. The van der Waals surface area contributed by atoms with Gasteiger partial charge in [-0.25, -0.2) is 9.67 Å². The van der Waals surface area contributed by atoms with E-state index in [4.69, 9.17) is 14.2 Å². The van der Waals surface area contributed by atoms with Crippen LogP contribution in [-0.2, 0) is 28.4 Å². The average Bonchev–Trinajstić information content (AvgIpc) is 3.28. The van der Waals surface area contributed by atoms with Crippen molar-refractivity contribution in [2.24, 2.45) is 11.8 Å². The summed E-state index contributed by atoms with van der Waals surface area (Å²) in [6.07, 6.45) is -7.90. The molecular formula is C21H24F6N4O3. The molecule has 2 aromatic rings. The van der Waals surface area contributed by atoms with Gasteiger partial charge in [0.25, 0.3) is 0 Å². The van der Waals surface area contributed by atoms with Crippen molar-refractivity contribution in [3.05, 3.63) is 35.7 Å². The second kappa shape index (κ2) is 9.25. The molecule has 1 aliphatic heterocycles. The lowest BCUT2D eigenvalue weighted by Gasteiger charge is -2.38. The molecule has 13 heteroatoms. The third kappa shape index (κ3) is 5.09. The van der Waals surface area contributed by atoms with Gasteiger partial charge in [-0.3, -0.25) is 0 Å². The number of piperidine rings is 1. The van der Waals surface area contributed by atoms with Crippen LogP contribution < -0.4 is 9.64 Å². The highest BCUT2D eigenvalue weighted by Gasteiger charge is 2.45. The van der Waals surface area contributed by atoms with Gasteiger partial charge in [-0.05, 0) is 25.0 Å². The van der Waals surface area contributed by atoms with E-state index in [2.05, 4.69) is 10.1 Å². The summed E-state index contributed by atoms with van der Waals surface area (Å²) < 4.78 is 95.7. The lowest BCUT2D eigenvalue weighted by Crippen LogP contribution is -2.47. The smallest absolute Gasteiger partial charge is 0.435 e. The molecule has 3 heterocycles. The zero-order chi connectivity index (χ0) is 24.7. The Morgan fingerprint density at radius 2 is 1.65 bits per heavy atom. The van der Waals surface area contributed by atoms with Crippen molar-refractivity contribution in [3.8, 4) is 5.88 Å². The molecule has 3 atom stereocenters.